The zero-order valence-electron chi connectivity index (χ0n) is 19.0. The summed E-state index contributed by atoms with van der Waals surface area (Å²) >= 11 is 0. The van der Waals surface area contributed by atoms with Crippen LogP contribution in [0.4, 0.5) is 14.9 Å². The Balaban J connectivity index is 1.38. The lowest BCUT2D eigenvalue weighted by Gasteiger charge is -2.24. The van der Waals surface area contributed by atoms with Gasteiger partial charge in [-0.2, -0.15) is 0 Å². The van der Waals surface area contributed by atoms with Crippen molar-refractivity contribution in [3.05, 3.63) is 78.0 Å². The molecule has 4 aromatic rings. The summed E-state index contributed by atoms with van der Waals surface area (Å²) < 4.78 is 19.4. The number of rotatable bonds is 6. The number of nitrogens with one attached hydrogen (secondary N) is 3. The van der Waals surface area contributed by atoms with Crippen molar-refractivity contribution in [2.75, 3.05) is 19.0 Å². The Kier molecular flexibility index (Phi) is 6.15. The average Bonchev–Trinajstić information content (AvgIpc) is 3.30. The molecule has 9 heteroatoms. The first kappa shape index (κ1) is 22.5. The van der Waals surface area contributed by atoms with E-state index in [1.807, 2.05) is 18.2 Å². The van der Waals surface area contributed by atoms with Crippen LogP contribution < -0.4 is 15.4 Å². The van der Waals surface area contributed by atoms with E-state index in [1.165, 1.54) is 18.5 Å². The molecule has 4 N–H and O–H groups in total. The van der Waals surface area contributed by atoms with Crippen LogP contribution in [0.3, 0.4) is 0 Å². The van der Waals surface area contributed by atoms with Crippen molar-refractivity contribution >= 4 is 28.4 Å². The van der Waals surface area contributed by atoms with Crippen LogP contribution in [-0.2, 0) is 6.42 Å². The van der Waals surface area contributed by atoms with Crippen LogP contribution in [0.25, 0.3) is 27.9 Å². The van der Waals surface area contributed by atoms with Crippen LogP contribution >= 0.6 is 0 Å². The molecule has 0 saturated heterocycles. The molecule has 0 saturated carbocycles. The average molecular weight is 474 g/mol. The fraction of sp³-hybridized carbons (Fsp3) is 0.192. The van der Waals surface area contributed by atoms with Crippen LogP contribution in [0.15, 0.2) is 60.9 Å². The minimum Gasteiger partial charge on any atom is -0.496 e. The molecule has 3 heterocycles. The summed E-state index contributed by atoms with van der Waals surface area (Å²) in [6, 6.07) is 14.0. The van der Waals surface area contributed by atoms with Gasteiger partial charge in [-0.3, -0.25) is 5.32 Å². The summed E-state index contributed by atoms with van der Waals surface area (Å²) in [4.78, 5) is 23.0. The number of methoxy groups -OCH3 is 1. The van der Waals surface area contributed by atoms with Gasteiger partial charge in [0, 0.05) is 34.9 Å². The summed E-state index contributed by atoms with van der Waals surface area (Å²) in [6.45, 7) is 0.726. The van der Waals surface area contributed by atoms with E-state index in [4.69, 9.17) is 9.84 Å². The monoisotopic (exact) mass is 473 g/mol. The van der Waals surface area contributed by atoms with Crippen molar-refractivity contribution in [2.24, 2.45) is 0 Å². The third-order valence-corrected chi connectivity index (χ3v) is 6.10. The van der Waals surface area contributed by atoms with E-state index in [0.717, 1.165) is 41.6 Å². The molecule has 0 radical (unpaired) electrons. The van der Waals surface area contributed by atoms with Crippen LogP contribution in [0.1, 0.15) is 17.7 Å². The van der Waals surface area contributed by atoms with Crippen molar-refractivity contribution in [1.29, 1.82) is 0 Å². The number of H-pyrrole nitrogens is 1. The molecule has 0 spiro atoms. The molecule has 1 aliphatic rings. The highest BCUT2D eigenvalue weighted by molar-refractivity contribution is 5.94. The maximum absolute atomic E-state index is 14.0. The van der Waals surface area contributed by atoms with E-state index < -0.39 is 6.09 Å². The van der Waals surface area contributed by atoms with Gasteiger partial charge >= 0.3 is 6.09 Å². The smallest absolute Gasteiger partial charge is 0.409 e. The maximum atomic E-state index is 14.0. The molecule has 2 aromatic heterocycles. The van der Waals surface area contributed by atoms with Crippen molar-refractivity contribution in [1.82, 2.24) is 20.3 Å². The molecule has 1 amide bonds. The van der Waals surface area contributed by atoms with Crippen LogP contribution in [-0.4, -0.2) is 45.8 Å². The van der Waals surface area contributed by atoms with E-state index in [1.54, 1.807) is 25.3 Å². The van der Waals surface area contributed by atoms with Gasteiger partial charge in [0.05, 0.1) is 12.8 Å². The second kappa shape index (κ2) is 9.55. The molecule has 0 aliphatic carbocycles. The van der Waals surface area contributed by atoms with E-state index in [-0.39, 0.29) is 11.9 Å². The van der Waals surface area contributed by atoms with Gasteiger partial charge in [-0.05, 0) is 60.4 Å². The topological polar surface area (TPSA) is 112 Å². The van der Waals surface area contributed by atoms with Crippen molar-refractivity contribution in [3.63, 3.8) is 0 Å². The van der Waals surface area contributed by atoms with Crippen LogP contribution in [0, 0.1) is 5.82 Å². The quantitative estimate of drug-likeness (QED) is 0.319. The van der Waals surface area contributed by atoms with E-state index in [0.29, 0.717) is 28.3 Å². The number of carboxylic acid groups (broad SMARTS) is 1. The van der Waals surface area contributed by atoms with Gasteiger partial charge in [0.25, 0.3) is 0 Å². The third-order valence-electron chi connectivity index (χ3n) is 6.10. The Morgan fingerprint density at radius 3 is 2.80 bits per heavy atom. The molecule has 1 unspecified atom stereocenters. The highest BCUT2D eigenvalue weighted by Gasteiger charge is 2.20. The lowest BCUT2D eigenvalue weighted by molar-refractivity contribution is 0.209. The number of aromatic nitrogens is 3. The largest absolute Gasteiger partial charge is 0.496 e. The number of hydrogen-bond acceptors (Lipinski definition) is 5. The lowest BCUT2D eigenvalue weighted by Crippen LogP contribution is -2.34. The molecule has 8 nitrogen and oxygen atoms in total. The van der Waals surface area contributed by atoms with E-state index in [2.05, 4.69) is 31.7 Å². The van der Waals surface area contributed by atoms with Crippen LogP contribution in [0.5, 0.6) is 5.75 Å². The minimum absolute atomic E-state index is 0.216. The van der Waals surface area contributed by atoms with Gasteiger partial charge in [0.15, 0.2) is 0 Å². The molecule has 35 heavy (non-hydrogen) atoms. The maximum Gasteiger partial charge on any atom is 0.409 e. The predicted molar refractivity (Wildman–Crippen MR) is 132 cm³/mol. The first-order chi connectivity index (χ1) is 17.0. The fourth-order valence-corrected chi connectivity index (χ4v) is 4.46. The summed E-state index contributed by atoms with van der Waals surface area (Å²) in [5, 5.41) is 15.5. The van der Waals surface area contributed by atoms with Gasteiger partial charge in [-0.15, -0.1) is 0 Å². The first-order valence-corrected chi connectivity index (χ1v) is 11.2. The Bertz CT molecular complexity index is 1410. The highest BCUT2D eigenvalue weighted by Crippen LogP contribution is 2.35. The number of ether oxygens (including phenoxy) is 1. The normalized spacial score (nSPS) is 15.6. The minimum atomic E-state index is -1.08. The third kappa shape index (κ3) is 4.85. The van der Waals surface area contributed by atoms with Gasteiger partial charge in [-0.1, -0.05) is 18.2 Å². The number of halogens is 1. The summed E-state index contributed by atoms with van der Waals surface area (Å²) in [7, 11) is 1.55. The molecule has 178 valence electrons. The van der Waals surface area contributed by atoms with Gasteiger partial charge in [0.1, 0.15) is 23.5 Å². The number of aromatic amines is 1. The molecule has 2 aromatic carbocycles. The second-order valence-electron chi connectivity index (χ2n) is 8.38. The van der Waals surface area contributed by atoms with Gasteiger partial charge < -0.3 is 20.1 Å². The summed E-state index contributed by atoms with van der Waals surface area (Å²) in [5.41, 5.74) is 5.62. The molecule has 1 atom stereocenters. The van der Waals surface area contributed by atoms with Crippen molar-refractivity contribution < 1.29 is 19.0 Å². The molecule has 1 aliphatic heterocycles. The Morgan fingerprint density at radius 2 is 2.03 bits per heavy atom. The highest BCUT2D eigenvalue weighted by atomic mass is 19.1. The number of benzene rings is 2. The predicted octanol–water partition coefficient (Wildman–Crippen LogP) is 4.85. The van der Waals surface area contributed by atoms with Crippen LogP contribution in [0.2, 0.25) is 0 Å². The molecular weight excluding hydrogens is 449 g/mol. The molecule has 0 fully saturated rings. The van der Waals surface area contributed by atoms with Gasteiger partial charge in [0.2, 0.25) is 0 Å². The summed E-state index contributed by atoms with van der Waals surface area (Å²) in [6.07, 6.45) is 4.13. The van der Waals surface area contributed by atoms with Gasteiger partial charge in [-0.25, -0.2) is 19.2 Å². The summed E-state index contributed by atoms with van der Waals surface area (Å²) in [5.74, 6) is 0.180. The number of carbonyl (C=O) groups is 1. The Labute approximate surface area is 200 Å². The molecule has 5 rings (SSSR count). The molecule has 0 bridgehead atoms. The first-order valence-electron chi connectivity index (χ1n) is 11.2. The zero-order valence-corrected chi connectivity index (χ0v) is 19.0. The van der Waals surface area contributed by atoms with Crippen molar-refractivity contribution in [3.8, 4) is 17.0 Å². The number of anilines is 1. The van der Waals surface area contributed by atoms with E-state index in [9.17, 15) is 9.18 Å². The number of amides is 1. The molecular formula is C26H24FN5O3. The fourth-order valence-electron chi connectivity index (χ4n) is 4.46. The Morgan fingerprint density at radius 1 is 1.20 bits per heavy atom. The number of fused-ring (bicyclic) bond motifs is 1. The second-order valence-corrected chi connectivity index (χ2v) is 8.38. The Hall–Kier alpha value is -4.24. The number of nitrogens with zero attached hydrogens (tertiary/aromatic N) is 2. The lowest BCUT2D eigenvalue weighted by atomic mass is 9.94. The van der Waals surface area contributed by atoms with E-state index >= 15 is 0 Å². The SMILES string of the molecule is COc1ccc(F)cc1-c1ncnc2[nH]c(C3=CCNC(Cc4ccc(NC(=O)O)cc4)C3)cc12. The standard InChI is InChI=1S/C26H24FN5O3/c1-35-23-7-4-17(27)12-20(23)24-21-13-22(32-25(21)30-14-29-24)16-8-9-28-19(11-16)10-15-2-5-18(6-3-15)31-26(33)34/h2-8,12-14,19,28,31H,9-11H2,1H3,(H,33,34)(H,29,30,32). The number of hydrogen-bond donors (Lipinski definition) is 4. The van der Waals surface area contributed by atoms with Crippen molar-refractivity contribution in [2.45, 2.75) is 18.9 Å². The zero-order chi connectivity index (χ0) is 24.4.